The average Bonchev–Trinajstić information content (AvgIpc) is 3.52. The Hall–Kier alpha value is -4.58. The van der Waals surface area contributed by atoms with Crippen molar-refractivity contribution in [2.45, 2.75) is 6.61 Å². The Morgan fingerprint density at radius 3 is 2.74 bits per heavy atom. The fraction of sp³-hybridized carbons (Fsp3) is 0.103. The van der Waals surface area contributed by atoms with Crippen molar-refractivity contribution in [2.75, 3.05) is 7.11 Å². The molecule has 0 aliphatic carbocycles. The van der Waals surface area contributed by atoms with Gasteiger partial charge in [0.2, 0.25) is 0 Å². The Kier molecular flexibility index (Phi) is 6.44. The molecule has 0 saturated heterocycles. The fourth-order valence-corrected chi connectivity index (χ4v) is 3.83. The van der Waals surface area contributed by atoms with Crippen LogP contribution in [0.2, 0.25) is 0 Å². The molecule has 0 radical (unpaired) electrons. The Bertz CT molecular complexity index is 1500. The first kappa shape index (κ1) is 22.2. The highest BCUT2D eigenvalue weighted by Crippen LogP contribution is 2.27. The standard InChI is InChI=1S/C29H26N4O2/c1-33-16-14-22-8-6-21(17-28(22)33)7-11-24-18-25(32-31-24)12-9-23-10-13-27(19-29(23)34-2)35-20-26-5-3-4-15-30-26/h3-19H,20H2,1-2H3,(H,31,32)/b11-7+,12-9+. The molecule has 0 unspecified atom stereocenters. The number of nitrogens with zero attached hydrogens (tertiary/aromatic N) is 3. The van der Waals surface area contributed by atoms with E-state index in [-0.39, 0.29) is 0 Å². The molecule has 0 saturated carbocycles. The normalized spacial score (nSPS) is 11.6. The topological polar surface area (TPSA) is 65.0 Å². The number of aromatic nitrogens is 4. The molecule has 1 N–H and O–H groups in total. The van der Waals surface area contributed by atoms with Crippen LogP contribution in [0.25, 0.3) is 35.2 Å². The Morgan fingerprint density at radius 2 is 1.89 bits per heavy atom. The highest BCUT2D eigenvalue weighted by Gasteiger charge is 2.05. The van der Waals surface area contributed by atoms with Crippen molar-refractivity contribution in [2.24, 2.45) is 7.05 Å². The SMILES string of the molecule is COc1cc(OCc2ccccn2)ccc1/C=C/c1cc(/C=C/c2ccc3ccn(C)c3c2)[nH]n1. The van der Waals surface area contributed by atoms with Gasteiger partial charge >= 0.3 is 0 Å². The maximum absolute atomic E-state index is 5.85. The zero-order valence-corrected chi connectivity index (χ0v) is 19.7. The van der Waals surface area contributed by atoms with Gasteiger partial charge in [-0.15, -0.1) is 0 Å². The number of aryl methyl sites for hydroxylation is 1. The number of H-pyrrole nitrogens is 1. The lowest BCUT2D eigenvalue weighted by Gasteiger charge is -2.09. The van der Waals surface area contributed by atoms with E-state index >= 15 is 0 Å². The summed E-state index contributed by atoms with van der Waals surface area (Å²) >= 11 is 0. The van der Waals surface area contributed by atoms with Crippen LogP contribution in [-0.4, -0.2) is 26.9 Å². The van der Waals surface area contributed by atoms with E-state index in [0.717, 1.165) is 39.7 Å². The van der Waals surface area contributed by atoms with Gasteiger partial charge in [-0.05, 0) is 71.6 Å². The van der Waals surface area contributed by atoms with E-state index in [1.54, 1.807) is 13.3 Å². The lowest BCUT2D eigenvalue weighted by Crippen LogP contribution is -1.98. The van der Waals surface area contributed by atoms with Crippen LogP contribution >= 0.6 is 0 Å². The van der Waals surface area contributed by atoms with Crippen LogP contribution in [0.5, 0.6) is 11.5 Å². The summed E-state index contributed by atoms with van der Waals surface area (Å²) in [4.78, 5) is 4.28. The van der Waals surface area contributed by atoms with Crippen LogP contribution in [0.1, 0.15) is 28.2 Å². The molecule has 0 fully saturated rings. The quantitative estimate of drug-likeness (QED) is 0.297. The van der Waals surface area contributed by atoms with E-state index in [1.807, 2.05) is 60.7 Å². The number of nitrogens with one attached hydrogen (secondary N) is 1. The van der Waals surface area contributed by atoms with Gasteiger partial charge in [-0.2, -0.15) is 5.10 Å². The van der Waals surface area contributed by atoms with Crippen molar-refractivity contribution in [3.8, 4) is 11.5 Å². The second-order valence-corrected chi connectivity index (χ2v) is 8.17. The molecule has 6 heteroatoms. The summed E-state index contributed by atoms with van der Waals surface area (Å²) in [6.07, 6.45) is 11.9. The highest BCUT2D eigenvalue weighted by atomic mass is 16.5. The zero-order chi connectivity index (χ0) is 24.0. The number of aromatic amines is 1. The van der Waals surface area contributed by atoms with Crippen LogP contribution in [-0.2, 0) is 13.7 Å². The van der Waals surface area contributed by atoms with Gasteiger partial charge in [0.05, 0.1) is 24.2 Å². The van der Waals surface area contributed by atoms with Crippen LogP contribution in [0.3, 0.4) is 0 Å². The van der Waals surface area contributed by atoms with Crippen molar-refractivity contribution in [3.05, 3.63) is 107 Å². The molecular formula is C29H26N4O2. The number of rotatable bonds is 8. The summed E-state index contributed by atoms with van der Waals surface area (Å²) < 4.78 is 13.5. The van der Waals surface area contributed by atoms with E-state index < -0.39 is 0 Å². The third kappa shape index (κ3) is 5.33. The minimum absolute atomic E-state index is 0.405. The molecule has 0 atom stereocenters. The minimum Gasteiger partial charge on any atom is -0.496 e. The van der Waals surface area contributed by atoms with Crippen LogP contribution in [0.15, 0.2) is 79.1 Å². The van der Waals surface area contributed by atoms with E-state index in [4.69, 9.17) is 9.47 Å². The van der Waals surface area contributed by atoms with Gasteiger partial charge in [0.15, 0.2) is 0 Å². The summed E-state index contributed by atoms with van der Waals surface area (Å²) in [7, 11) is 3.71. The summed E-state index contributed by atoms with van der Waals surface area (Å²) in [5, 5.41) is 8.71. The molecule has 0 bridgehead atoms. The number of ether oxygens (including phenoxy) is 2. The molecule has 0 aliphatic rings. The molecule has 174 valence electrons. The third-order valence-corrected chi connectivity index (χ3v) is 5.74. The fourth-order valence-electron chi connectivity index (χ4n) is 3.83. The van der Waals surface area contributed by atoms with Crippen molar-refractivity contribution in [1.29, 1.82) is 0 Å². The first-order valence-corrected chi connectivity index (χ1v) is 11.4. The predicted octanol–water partition coefficient (Wildman–Crippen LogP) is 6.22. The maximum atomic E-state index is 5.85. The number of pyridine rings is 1. The first-order valence-electron chi connectivity index (χ1n) is 11.4. The van der Waals surface area contributed by atoms with Gasteiger partial charge in [0, 0.05) is 36.6 Å². The Morgan fingerprint density at radius 1 is 0.943 bits per heavy atom. The van der Waals surface area contributed by atoms with Crippen molar-refractivity contribution in [1.82, 2.24) is 19.7 Å². The number of benzene rings is 2. The largest absolute Gasteiger partial charge is 0.496 e. The molecule has 3 aromatic heterocycles. The minimum atomic E-state index is 0.405. The third-order valence-electron chi connectivity index (χ3n) is 5.74. The Balaban J connectivity index is 1.25. The second kappa shape index (κ2) is 10.1. The van der Waals surface area contributed by atoms with Gasteiger partial charge in [0.25, 0.3) is 0 Å². The molecule has 5 aromatic rings. The molecule has 2 aromatic carbocycles. The molecule has 0 spiro atoms. The number of fused-ring (bicyclic) bond motifs is 1. The average molecular weight is 463 g/mol. The first-order chi connectivity index (χ1) is 17.2. The van der Waals surface area contributed by atoms with E-state index in [9.17, 15) is 0 Å². The monoisotopic (exact) mass is 462 g/mol. The molecule has 3 heterocycles. The zero-order valence-electron chi connectivity index (χ0n) is 19.7. The molecule has 0 amide bonds. The van der Waals surface area contributed by atoms with Crippen molar-refractivity contribution >= 4 is 35.2 Å². The number of methoxy groups -OCH3 is 1. The molecule has 5 rings (SSSR count). The summed E-state index contributed by atoms with van der Waals surface area (Å²) in [5.41, 5.74) is 5.93. The van der Waals surface area contributed by atoms with Gasteiger partial charge in [-0.25, -0.2) is 0 Å². The maximum Gasteiger partial charge on any atom is 0.130 e. The Labute approximate surface area is 204 Å². The smallest absolute Gasteiger partial charge is 0.130 e. The summed E-state index contributed by atoms with van der Waals surface area (Å²) in [5.74, 6) is 1.46. The van der Waals surface area contributed by atoms with Crippen molar-refractivity contribution < 1.29 is 9.47 Å². The van der Waals surface area contributed by atoms with E-state index in [1.165, 1.54) is 10.9 Å². The highest BCUT2D eigenvalue weighted by molar-refractivity contribution is 5.84. The number of hydrogen-bond donors (Lipinski definition) is 1. The predicted molar refractivity (Wildman–Crippen MR) is 141 cm³/mol. The molecule has 6 nitrogen and oxygen atoms in total. The van der Waals surface area contributed by atoms with Crippen LogP contribution < -0.4 is 9.47 Å². The molecule has 0 aliphatic heterocycles. The van der Waals surface area contributed by atoms with Crippen molar-refractivity contribution in [3.63, 3.8) is 0 Å². The van der Waals surface area contributed by atoms with E-state index in [0.29, 0.717) is 6.61 Å². The number of hydrogen-bond acceptors (Lipinski definition) is 4. The van der Waals surface area contributed by atoms with Crippen LogP contribution in [0.4, 0.5) is 0 Å². The van der Waals surface area contributed by atoms with Gasteiger partial charge in [-0.1, -0.05) is 24.3 Å². The lowest BCUT2D eigenvalue weighted by molar-refractivity contribution is 0.299. The summed E-state index contributed by atoms with van der Waals surface area (Å²) in [6, 6.07) is 22.1. The second-order valence-electron chi connectivity index (χ2n) is 8.17. The van der Waals surface area contributed by atoms with Gasteiger partial charge < -0.3 is 14.0 Å². The summed E-state index contributed by atoms with van der Waals surface area (Å²) in [6.45, 7) is 0.405. The molecular weight excluding hydrogens is 436 g/mol. The van der Waals surface area contributed by atoms with Gasteiger partial charge in [0.1, 0.15) is 18.1 Å². The molecule has 35 heavy (non-hydrogen) atoms. The van der Waals surface area contributed by atoms with Crippen LogP contribution in [0, 0.1) is 0 Å². The van der Waals surface area contributed by atoms with E-state index in [2.05, 4.69) is 63.3 Å². The lowest BCUT2D eigenvalue weighted by atomic mass is 10.1. The van der Waals surface area contributed by atoms with Gasteiger partial charge in [-0.3, -0.25) is 10.1 Å².